The fourth-order valence-corrected chi connectivity index (χ4v) is 1.08. The molecule has 2 N–H and O–H groups in total. The van der Waals surface area contributed by atoms with Crippen LogP contribution in [0.2, 0.25) is 0 Å². The zero-order valence-corrected chi connectivity index (χ0v) is 6.74. The van der Waals surface area contributed by atoms with Gasteiger partial charge in [-0.3, -0.25) is 14.8 Å². The normalized spacial score (nSPS) is 26.2. The first kappa shape index (κ1) is 8.99. The molecule has 1 rings (SSSR count). The molecule has 0 spiro atoms. The van der Waals surface area contributed by atoms with Crippen molar-refractivity contribution in [3.8, 4) is 0 Å². The summed E-state index contributed by atoms with van der Waals surface area (Å²) in [5.41, 5.74) is 1.51. The second-order valence-corrected chi connectivity index (χ2v) is 2.68. The van der Waals surface area contributed by atoms with Crippen LogP contribution in [-0.4, -0.2) is 23.7 Å². The molecule has 0 aromatic heterocycles. The van der Waals surface area contributed by atoms with Crippen LogP contribution < -0.4 is 5.48 Å². The van der Waals surface area contributed by atoms with Gasteiger partial charge in [-0.2, -0.15) is 0 Å². The lowest BCUT2D eigenvalue weighted by Crippen LogP contribution is -2.23. The van der Waals surface area contributed by atoms with Crippen LogP contribution in [0.5, 0.6) is 0 Å². The SMILES string of the molecule is CCOC(=O)[C@H]1C[C@@H]1C(=O)NO. The number of carbonyl (C=O) groups is 2. The van der Waals surface area contributed by atoms with Crippen LogP contribution in [0.4, 0.5) is 0 Å². The molecule has 1 amide bonds. The molecule has 12 heavy (non-hydrogen) atoms. The Morgan fingerprint density at radius 2 is 2.25 bits per heavy atom. The van der Waals surface area contributed by atoms with Crippen LogP contribution in [0.3, 0.4) is 0 Å². The molecule has 2 atom stereocenters. The van der Waals surface area contributed by atoms with Crippen molar-refractivity contribution in [2.24, 2.45) is 11.8 Å². The average molecular weight is 173 g/mol. The van der Waals surface area contributed by atoms with Crippen LogP contribution >= 0.6 is 0 Å². The number of esters is 1. The Morgan fingerprint density at radius 1 is 1.58 bits per heavy atom. The molecule has 0 saturated heterocycles. The third kappa shape index (κ3) is 1.73. The number of rotatable bonds is 3. The van der Waals surface area contributed by atoms with Crippen molar-refractivity contribution >= 4 is 11.9 Å². The quantitative estimate of drug-likeness (QED) is 0.349. The van der Waals surface area contributed by atoms with E-state index in [1.165, 1.54) is 5.48 Å². The van der Waals surface area contributed by atoms with E-state index in [-0.39, 0.29) is 11.9 Å². The Balaban J connectivity index is 2.32. The zero-order chi connectivity index (χ0) is 9.14. The van der Waals surface area contributed by atoms with Gasteiger partial charge in [-0.1, -0.05) is 0 Å². The zero-order valence-electron chi connectivity index (χ0n) is 6.74. The van der Waals surface area contributed by atoms with Crippen molar-refractivity contribution in [2.45, 2.75) is 13.3 Å². The minimum Gasteiger partial charge on any atom is -0.466 e. The van der Waals surface area contributed by atoms with Crippen molar-refractivity contribution in [1.82, 2.24) is 5.48 Å². The van der Waals surface area contributed by atoms with E-state index in [1.807, 2.05) is 0 Å². The molecule has 0 aliphatic heterocycles. The molecule has 5 heteroatoms. The van der Waals surface area contributed by atoms with Gasteiger partial charge in [-0.25, -0.2) is 5.48 Å². The number of amides is 1. The molecular weight excluding hydrogens is 162 g/mol. The average Bonchev–Trinajstić information content (AvgIpc) is 2.82. The van der Waals surface area contributed by atoms with Crippen molar-refractivity contribution in [1.29, 1.82) is 0 Å². The molecular formula is C7H11NO4. The Labute approximate surface area is 69.7 Å². The highest BCUT2D eigenvalue weighted by atomic mass is 16.5. The van der Waals surface area contributed by atoms with E-state index in [4.69, 9.17) is 9.94 Å². The first-order valence-electron chi connectivity index (χ1n) is 3.81. The van der Waals surface area contributed by atoms with Gasteiger partial charge >= 0.3 is 5.97 Å². The molecule has 0 bridgehead atoms. The van der Waals surface area contributed by atoms with Gasteiger partial charge in [0.2, 0.25) is 5.91 Å². The van der Waals surface area contributed by atoms with Crippen LogP contribution in [-0.2, 0) is 14.3 Å². The van der Waals surface area contributed by atoms with Crippen LogP contribution in [0.25, 0.3) is 0 Å². The molecule has 1 fully saturated rings. The van der Waals surface area contributed by atoms with Crippen LogP contribution in [0, 0.1) is 11.8 Å². The van der Waals surface area contributed by atoms with E-state index in [9.17, 15) is 9.59 Å². The number of ether oxygens (including phenoxy) is 1. The maximum atomic E-state index is 11.0. The molecule has 0 unspecified atom stereocenters. The first-order valence-corrected chi connectivity index (χ1v) is 3.81. The molecule has 0 radical (unpaired) electrons. The van der Waals surface area contributed by atoms with E-state index in [2.05, 4.69) is 0 Å². The largest absolute Gasteiger partial charge is 0.466 e. The molecule has 68 valence electrons. The summed E-state index contributed by atoms with van der Waals surface area (Å²) in [4.78, 5) is 21.7. The first-order chi connectivity index (χ1) is 5.70. The predicted molar refractivity (Wildman–Crippen MR) is 38.2 cm³/mol. The summed E-state index contributed by atoms with van der Waals surface area (Å²) in [7, 11) is 0. The molecule has 1 saturated carbocycles. The van der Waals surface area contributed by atoms with Crippen LogP contribution in [0.15, 0.2) is 0 Å². The van der Waals surface area contributed by atoms with Crippen molar-refractivity contribution in [3.05, 3.63) is 0 Å². The summed E-state index contributed by atoms with van der Waals surface area (Å²) in [5, 5.41) is 8.22. The summed E-state index contributed by atoms with van der Waals surface area (Å²) in [5.74, 6) is -1.61. The lowest BCUT2D eigenvalue weighted by atomic mass is 10.3. The van der Waals surface area contributed by atoms with Gasteiger partial charge in [0, 0.05) is 0 Å². The fourth-order valence-electron chi connectivity index (χ4n) is 1.08. The van der Waals surface area contributed by atoms with Crippen molar-refractivity contribution in [2.75, 3.05) is 6.61 Å². The van der Waals surface area contributed by atoms with Gasteiger partial charge in [0.1, 0.15) is 0 Å². The summed E-state index contributed by atoms with van der Waals surface area (Å²) < 4.78 is 4.69. The predicted octanol–water partition coefficient (Wildman–Crippen LogP) is -0.309. The van der Waals surface area contributed by atoms with Crippen LogP contribution in [0.1, 0.15) is 13.3 Å². The molecule has 0 aromatic rings. The second kappa shape index (κ2) is 3.53. The number of hydrogen-bond acceptors (Lipinski definition) is 4. The van der Waals surface area contributed by atoms with E-state index in [0.717, 1.165) is 0 Å². The summed E-state index contributed by atoms with van der Waals surface area (Å²) in [6, 6.07) is 0. The van der Waals surface area contributed by atoms with Gasteiger partial charge in [-0.15, -0.1) is 0 Å². The van der Waals surface area contributed by atoms with E-state index >= 15 is 0 Å². The third-order valence-corrected chi connectivity index (χ3v) is 1.83. The van der Waals surface area contributed by atoms with Gasteiger partial charge < -0.3 is 4.74 Å². The lowest BCUT2D eigenvalue weighted by molar-refractivity contribution is -0.146. The number of hydrogen-bond donors (Lipinski definition) is 2. The molecule has 0 heterocycles. The van der Waals surface area contributed by atoms with Gasteiger partial charge in [-0.05, 0) is 13.3 Å². The summed E-state index contributed by atoms with van der Waals surface area (Å²) in [6.07, 6.45) is 0.477. The monoisotopic (exact) mass is 173 g/mol. The van der Waals surface area contributed by atoms with Crippen molar-refractivity contribution in [3.63, 3.8) is 0 Å². The highest BCUT2D eigenvalue weighted by Crippen LogP contribution is 2.39. The maximum absolute atomic E-state index is 11.0. The summed E-state index contributed by atoms with van der Waals surface area (Å²) >= 11 is 0. The van der Waals surface area contributed by atoms with Gasteiger partial charge in [0.15, 0.2) is 0 Å². The molecule has 1 aliphatic carbocycles. The molecule has 0 aromatic carbocycles. The standard InChI is InChI=1S/C7H11NO4/c1-2-12-7(10)5-3-4(5)6(9)8-11/h4-5,11H,2-3H2,1H3,(H,8,9)/t4-,5-/m0/s1. The minimum atomic E-state index is -0.506. The molecule has 5 nitrogen and oxygen atoms in total. The summed E-state index contributed by atoms with van der Waals surface area (Å²) in [6.45, 7) is 2.03. The topological polar surface area (TPSA) is 75.6 Å². The second-order valence-electron chi connectivity index (χ2n) is 2.68. The Morgan fingerprint density at radius 3 is 2.75 bits per heavy atom. The number of hydroxylamine groups is 1. The van der Waals surface area contributed by atoms with Crippen molar-refractivity contribution < 1.29 is 19.5 Å². The lowest BCUT2D eigenvalue weighted by Gasteiger charge is -1.99. The number of nitrogens with one attached hydrogen (secondary N) is 1. The van der Waals surface area contributed by atoms with E-state index in [1.54, 1.807) is 6.92 Å². The van der Waals surface area contributed by atoms with E-state index in [0.29, 0.717) is 13.0 Å². The Kier molecular flexibility index (Phi) is 2.65. The van der Waals surface area contributed by atoms with Gasteiger partial charge in [0.25, 0.3) is 0 Å². The maximum Gasteiger partial charge on any atom is 0.309 e. The highest BCUT2D eigenvalue weighted by molar-refractivity contribution is 5.89. The van der Waals surface area contributed by atoms with Gasteiger partial charge in [0.05, 0.1) is 18.4 Å². The highest BCUT2D eigenvalue weighted by Gasteiger charge is 2.49. The minimum absolute atomic E-state index is 0.322. The number of carbonyl (C=O) groups excluding carboxylic acids is 2. The third-order valence-electron chi connectivity index (χ3n) is 1.83. The smallest absolute Gasteiger partial charge is 0.309 e. The Bertz CT molecular complexity index is 204. The molecule has 1 aliphatic rings. The Hall–Kier alpha value is -1.10. The van der Waals surface area contributed by atoms with E-state index < -0.39 is 11.8 Å². The fraction of sp³-hybridized carbons (Fsp3) is 0.714.